The van der Waals surface area contributed by atoms with Crippen LogP contribution < -0.4 is 5.32 Å². The molecule has 0 amide bonds. The van der Waals surface area contributed by atoms with Crippen LogP contribution in [0.15, 0.2) is 42.5 Å². The summed E-state index contributed by atoms with van der Waals surface area (Å²) in [5.74, 6) is -1.48. The molecule has 0 fully saturated rings. The Hall–Kier alpha value is -1.74. The SMILES string of the molecule is CNC(c1ccc(C)c(F)c1F)C(C)c1ccccc1. The average Bonchev–Trinajstić information content (AvgIpc) is 2.48. The van der Waals surface area contributed by atoms with Crippen molar-refractivity contribution in [2.45, 2.75) is 25.8 Å². The minimum Gasteiger partial charge on any atom is -0.312 e. The molecule has 20 heavy (non-hydrogen) atoms. The zero-order valence-electron chi connectivity index (χ0n) is 12.0. The molecular formula is C17H19F2N. The second kappa shape index (κ2) is 6.14. The van der Waals surface area contributed by atoms with Crippen LogP contribution in [0.5, 0.6) is 0 Å². The van der Waals surface area contributed by atoms with Gasteiger partial charge in [0.15, 0.2) is 11.6 Å². The highest BCUT2D eigenvalue weighted by molar-refractivity contribution is 5.31. The molecule has 1 nitrogen and oxygen atoms in total. The number of halogens is 2. The van der Waals surface area contributed by atoms with Crippen LogP contribution in [-0.2, 0) is 0 Å². The first-order valence-corrected chi connectivity index (χ1v) is 6.73. The Bertz CT molecular complexity index is 581. The summed E-state index contributed by atoms with van der Waals surface area (Å²) < 4.78 is 27.9. The zero-order chi connectivity index (χ0) is 14.7. The maximum atomic E-state index is 14.2. The van der Waals surface area contributed by atoms with Crippen LogP contribution in [0.1, 0.15) is 35.6 Å². The summed E-state index contributed by atoms with van der Waals surface area (Å²) in [6, 6.07) is 12.8. The standard InChI is InChI=1S/C17H19F2N/c1-11-9-10-14(16(19)15(11)18)17(20-3)12(2)13-7-5-4-6-8-13/h4-10,12,17,20H,1-3H3. The van der Waals surface area contributed by atoms with Crippen LogP contribution >= 0.6 is 0 Å². The van der Waals surface area contributed by atoms with Crippen molar-refractivity contribution in [3.63, 3.8) is 0 Å². The third-order valence-corrected chi connectivity index (χ3v) is 3.78. The molecule has 3 heteroatoms. The van der Waals surface area contributed by atoms with Crippen LogP contribution in [0.2, 0.25) is 0 Å². The second-order valence-electron chi connectivity index (χ2n) is 5.07. The minimum atomic E-state index is -0.761. The molecule has 0 aliphatic rings. The van der Waals surface area contributed by atoms with Gasteiger partial charge in [-0.15, -0.1) is 0 Å². The lowest BCUT2D eigenvalue weighted by Gasteiger charge is -2.25. The lowest BCUT2D eigenvalue weighted by molar-refractivity contribution is 0.445. The predicted octanol–water partition coefficient (Wildman–Crippen LogP) is 4.34. The van der Waals surface area contributed by atoms with Gasteiger partial charge in [-0.1, -0.05) is 49.4 Å². The average molecular weight is 275 g/mol. The summed E-state index contributed by atoms with van der Waals surface area (Å²) in [6.45, 7) is 3.57. The summed E-state index contributed by atoms with van der Waals surface area (Å²) >= 11 is 0. The highest BCUT2D eigenvalue weighted by atomic mass is 19.2. The second-order valence-corrected chi connectivity index (χ2v) is 5.07. The first-order chi connectivity index (χ1) is 9.56. The molecule has 0 heterocycles. The molecule has 0 saturated carbocycles. The van der Waals surface area contributed by atoms with Gasteiger partial charge < -0.3 is 5.32 Å². The van der Waals surface area contributed by atoms with E-state index >= 15 is 0 Å². The molecule has 2 unspecified atom stereocenters. The van der Waals surface area contributed by atoms with Gasteiger partial charge in [-0.05, 0) is 25.1 Å². The maximum absolute atomic E-state index is 14.2. The summed E-state index contributed by atoms with van der Waals surface area (Å²) in [5, 5.41) is 3.10. The Balaban J connectivity index is 2.41. The molecule has 2 aromatic rings. The molecule has 0 aliphatic heterocycles. The van der Waals surface area contributed by atoms with Gasteiger partial charge in [0, 0.05) is 17.5 Å². The number of aryl methyl sites for hydroxylation is 1. The highest BCUT2D eigenvalue weighted by Crippen LogP contribution is 2.32. The Morgan fingerprint density at radius 2 is 1.60 bits per heavy atom. The van der Waals surface area contributed by atoms with Crippen molar-refractivity contribution in [2.75, 3.05) is 7.05 Å². The van der Waals surface area contributed by atoms with E-state index in [1.54, 1.807) is 26.1 Å². The fourth-order valence-corrected chi connectivity index (χ4v) is 2.53. The summed E-state index contributed by atoms with van der Waals surface area (Å²) in [6.07, 6.45) is 0. The lowest BCUT2D eigenvalue weighted by Crippen LogP contribution is -2.24. The molecule has 106 valence electrons. The van der Waals surface area contributed by atoms with Gasteiger partial charge in [0.05, 0.1) is 0 Å². The van der Waals surface area contributed by atoms with Gasteiger partial charge in [-0.25, -0.2) is 8.78 Å². The monoisotopic (exact) mass is 275 g/mol. The maximum Gasteiger partial charge on any atom is 0.163 e. The number of rotatable bonds is 4. The summed E-state index contributed by atoms with van der Waals surface area (Å²) in [5.41, 5.74) is 1.78. The van der Waals surface area contributed by atoms with E-state index < -0.39 is 11.6 Å². The first-order valence-electron chi connectivity index (χ1n) is 6.73. The van der Waals surface area contributed by atoms with Crippen molar-refractivity contribution in [1.29, 1.82) is 0 Å². The predicted molar refractivity (Wildman–Crippen MR) is 77.8 cm³/mol. The van der Waals surface area contributed by atoms with E-state index in [0.717, 1.165) is 5.56 Å². The third-order valence-electron chi connectivity index (χ3n) is 3.78. The number of hydrogen-bond acceptors (Lipinski definition) is 1. The Labute approximate surface area is 118 Å². The van der Waals surface area contributed by atoms with Crippen molar-refractivity contribution < 1.29 is 8.78 Å². The van der Waals surface area contributed by atoms with Gasteiger partial charge in [0.2, 0.25) is 0 Å². The number of hydrogen-bond donors (Lipinski definition) is 1. The number of benzene rings is 2. The van der Waals surface area contributed by atoms with Crippen LogP contribution in [0.4, 0.5) is 8.78 Å². The molecule has 1 N–H and O–H groups in total. The van der Waals surface area contributed by atoms with Crippen LogP contribution in [0, 0.1) is 18.6 Å². The molecule has 2 rings (SSSR count). The molecule has 0 radical (unpaired) electrons. The number of nitrogens with one attached hydrogen (secondary N) is 1. The largest absolute Gasteiger partial charge is 0.312 e. The minimum absolute atomic E-state index is 0.0396. The highest BCUT2D eigenvalue weighted by Gasteiger charge is 2.24. The van der Waals surface area contributed by atoms with E-state index in [2.05, 4.69) is 5.32 Å². The van der Waals surface area contributed by atoms with E-state index in [9.17, 15) is 8.78 Å². The molecule has 0 aromatic heterocycles. The quantitative estimate of drug-likeness (QED) is 0.875. The first kappa shape index (κ1) is 14.7. The normalized spacial score (nSPS) is 14.1. The lowest BCUT2D eigenvalue weighted by atomic mass is 9.88. The molecule has 0 saturated heterocycles. The van der Waals surface area contributed by atoms with Crippen molar-refractivity contribution in [3.8, 4) is 0 Å². The van der Waals surface area contributed by atoms with Crippen LogP contribution in [0.3, 0.4) is 0 Å². The fourth-order valence-electron chi connectivity index (χ4n) is 2.53. The van der Waals surface area contributed by atoms with Crippen molar-refractivity contribution in [1.82, 2.24) is 5.32 Å². The van der Waals surface area contributed by atoms with Crippen molar-refractivity contribution >= 4 is 0 Å². The zero-order valence-corrected chi connectivity index (χ0v) is 12.0. The molecule has 2 atom stereocenters. The van der Waals surface area contributed by atoms with Gasteiger partial charge in [0.1, 0.15) is 0 Å². The van der Waals surface area contributed by atoms with E-state index in [0.29, 0.717) is 11.1 Å². The van der Waals surface area contributed by atoms with Gasteiger partial charge in [0.25, 0.3) is 0 Å². The van der Waals surface area contributed by atoms with E-state index in [4.69, 9.17) is 0 Å². The molecule has 2 aromatic carbocycles. The molecule has 0 aliphatic carbocycles. The molecule has 0 bridgehead atoms. The van der Waals surface area contributed by atoms with Crippen LogP contribution in [-0.4, -0.2) is 7.05 Å². The Morgan fingerprint density at radius 3 is 2.20 bits per heavy atom. The fraction of sp³-hybridized carbons (Fsp3) is 0.294. The summed E-state index contributed by atoms with van der Waals surface area (Å²) in [7, 11) is 1.77. The van der Waals surface area contributed by atoms with Gasteiger partial charge >= 0.3 is 0 Å². The van der Waals surface area contributed by atoms with E-state index in [1.165, 1.54) is 0 Å². The van der Waals surface area contributed by atoms with Gasteiger partial charge in [-0.3, -0.25) is 0 Å². The van der Waals surface area contributed by atoms with Crippen LogP contribution in [0.25, 0.3) is 0 Å². The molecule has 0 spiro atoms. The number of likely N-dealkylation sites (N-methyl/N-ethyl adjacent to an activating group) is 1. The van der Waals surface area contributed by atoms with Crippen molar-refractivity contribution in [3.05, 3.63) is 70.8 Å². The van der Waals surface area contributed by atoms with E-state index in [1.807, 2.05) is 37.3 Å². The topological polar surface area (TPSA) is 12.0 Å². The van der Waals surface area contributed by atoms with Gasteiger partial charge in [-0.2, -0.15) is 0 Å². The van der Waals surface area contributed by atoms with Crippen molar-refractivity contribution in [2.24, 2.45) is 0 Å². The summed E-state index contributed by atoms with van der Waals surface area (Å²) in [4.78, 5) is 0. The molecular weight excluding hydrogens is 256 g/mol. The van der Waals surface area contributed by atoms with E-state index in [-0.39, 0.29) is 12.0 Å². The Morgan fingerprint density at radius 1 is 0.950 bits per heavy atom. The Kier molecular flexibility index (Phi) is 4.50. The third kappa shape index (κ3) is 2.73. The smallest absolute Gasteiger partial charge is 0.163 e.